The number of H-pyrrole nitrogens is 1. The van der Waals surface area contributed by atoms with Crippen LogP contribution in [0.3, 0.4) is 0 Å². The molecule has 0 amide bonds. The zero-order valence-electron chi connectivity index (χ0n) is 11.1. The average Bonchev–Trinajstić information content (AvgIpc) is 2.51. The predicted molar refractivity (Wildman–Crippen MR) is 83.5 cm³/mol. The van der Waals surface area contributed by atoms with Gasteiger partial charge in [0.2, 0.25) is 0 Å². The zero-order chi connectivity index (χ0) is 15.7. The molecule has 22 heavy (non-hydrogen) atoms. The van der Waals surface area contributed by atoms with Crippen LogP contribution in [0.15, 0.2) is 63.1 Å². The van der Waals surface area contributed by atoms with Crippen LogP contribution in [-0.4, -0.2) is 15.0 Å². The van der Waals surface area contributed by atoms with Crippen molar-refractivity contribution >= 4 is 28.4 Å². The molecule has 3 rings (SSSR count). The molecule has 110 valence electrons. The van der Waals surface area contributed by atoms with E-state index in [1.54, 1.807) is 36.4 Å². The van der Waals surface area contributed by atoms with E-state index in [0.717, 1.165) is 11.8 Å². The number of pyridine rings is 1. The lowest BCUT2D eigenvalue weighted by Crippen LogP contribution is -2.08. The highest BCUT2D eigenvalue weighted by Crippen LogP contribution is 2.39. The average molecular weight is 314 g/mol. The molecular weight excluding hydrogens is 304 g/mol. The van der Waals surface area contributed by atoms with Crippen molar-refractivity contribution in [1.29, 1.82) is 0 Å². The number of benzene rings is 2. The summed E-state index contributed by atoms with van der Waals surface area (Å²) >= 11 is 0.875. The maximum atomic E-state index is 12.1. The summed E-state index contributed by atoms with van der Waals surface area (Å²) in [5.41, 5.74) is -0.0873. The topological polar surface area (TPSA) is 96.2 Å². The van der Waals surface area contributed by atoms with Crippen molar-refractivity contribution in [2.75, 3.05) is 0 Å². The largest absolute Gasteiger partial charge is 0.506 e. The Labute approximate surface area is 128 Å². The van der Waals surface area contributed by atoms with Gasteiger partial charge < -0.3 is 10.1 Å². The SMILES string of the molecule is O=c1[nH]c2ccccc2c(O)c1Sc1ccccc1[N+](=O)[O-]. The molecule has 0 atom stereocenters. The molecule has 0 saturated carbocycles. The summed E-state index contributed by atoms with van der Waals surface area (Å²) in [6, 6.07) is 12.9. The van der Waals surface area contributed by atoms with Crippen molar-refractivity contribution in [3.63, 3.8) is 0 Å². The number of rotatable bonds is 3. The van der Waals surface area contributed by atoms with E-state index in [4.69, 9.17) is 0 Å². The van der Waals surface area contributed by atoms with Gasteiger partial charge in [0, 0.05) is 11.5 Å². The highest BCUT2D eigenvalue weighted by atomic mass is 32.2. The molecule has 0 aliphatic rings. The van der Waals surface area contributed by atoms with Crippen LogP contribution >= 0.6 is 11.8 Å². The number of nitrogens with one attached hydrogen (secondary N) is 1. The van der Waals surface area contributed by atoms with E-state index in [2.05, 4.69) is 4.98 Å². The maximum absolute atomic E-state index is 12.1. The van der Waals surface area contributed by atoms with Crippen LogP contribution in [0.25, 0.3) is 10.9 Å². The Balaban J connectivity index is 2.16. The molecule has 6 nitrogen and oxygen atoms in total. The third kappa shape index (κ3) is 2.42. The molecule has 0 spiro atoms. The van der Waals surface area contributed by atoms with Gasteiger partial charge >= 0.3 is 0 Å². The number of aromatic hydroxyl groups is 1. The van der Waals surface area contributed by atoms with Gasteiger partial charge in [0.25, 0.3) is 11.2 Å². The van der Waals surface area contributed by atoms with Crippen molar-refractivity contribution in [3.05, 3.63) is 69.0 Å². The number of nitro groups is 1. The maximum Gasteiger partial charge on any atom is 0.283 e. The summed E-state index contributed by atoms with van der Waals surface area (Å²) in [5.74, 6) is -0.178. The Kier molecular flexibility index (Phi) is 3.56. The highest BCUT2D eigenvalue weighted by molar-refractivity contribution is 7.99. The Bertz CT molecular complexity index is 936. The number of hydrogen-bond acceptors (Lipinski definition) is 5. The number of nitrogens with zero attached hydrogens (tertiary/aromatic N) is 1. The lowest BCUT2D eigenvalue weighted by molar-refractivity contribution is -0.387. The van der Waals surface area contributed by atoms with Crippen molar-refractivity contribution in [3.8, 4) is 5.75 Å². The molecule has 1 heterocycles. The minimum absolute atomic E-state index is 0.0352. The number of aromatic amines is 1. The Hall–Kier alpha value is -2.80. The van der Waals surface area contributed by atoms with E-state index in [1.807, 2.05) is 0 Å². The molecule has 3 aromatic rings. The minimum atomic E-state index is -0.519. The molecule has 1 aromatic heterocycles. The number of hydrogen-bond donors (Lipinski definition) is 2. The first kappa shape index (κ1) is 14.2. The molecular formula is C15H10N2O4S. The van der Waals surface area contributed by atoms with Crippen LogP contribution in [0.1, 0.15) is 0 Å². The van der Waals surface area contributed by atoms with Crippen molar-refractivity contribution < 1.29 is 10.0 Å². The smallest absolute Gasteiger partial charge is 0.283 e. The lowest BCUT2D eigenvalue weighted by Gasteiger charge is -2.07. The van der Waals surface area contributed by atoms with Crippen LogP contribution in [-0.2, 0) is 0 Å². The number of fused-ring (bicyclic) bond motifs is 1. The van der Waals surface area contributed by atoms with E-state index in [9.17, 15) is 20.0 Å². The number of aromatic nitrogens is 1. The molecule has 0 radical (unpaired) electrons. The predicted octanol–water partition coefficient (Wildman–Crippen LogP) is 3.29. The van der Waals surface area contributed by atoms with Crippen LogP contribution in [0.4, 0.5) is 5.69 Å². The van der Waals surface area contributed by atoms with Gasteiger partial charge in [0.1, 0.15) is 10.6 Å². The molecule has 0 unspecified atom stereocenters. The third-order valence-electron chi connectivity index (χ3n) is 3.13. The molecule has 0 bridgehead atoms. The summed E-state index contributed by atoms with van der Waals surface area (Å²) in [4.78, 5) is 25.6. The van der Waals surface area contributed by atoms with Gasteiger partial charge in [-0.05, 0) is 18.2 Å². The fourth-order valence-electron chi connectivity index (χ4n) is 2.11. The molecule has 0 aliphatic heterocycles. The highest BCUT2D eigenvalue weighted by Gasteiger charge is 2.18. The van der Waals surface area contributed by atoms with Gasteiger partial charge in [-0.15, -0.1) is 0 Å². The normalized spacial score (nSPS) is 10.7. The fraction of sp³-hybridized carbons (Fsp3) is 0. The van der Waals surface area contributed by atoms with Gasteiger partial charge in [-0.1, -0.05) is 36.0 Å². The molecule has 2 N–H and O–H groups in total. The number of para-hydroxylation sites is 2. The van der Waals surface area contributed by atoms with Crippen LogP contribution < -0.4 is 5.56 Å². The summed E-state index contributed by atoms with van der Waals surface area (Å²) in [6.07, 6.45) is 0. The van der Waals surface area contributed by atoms with Gasteiger partial charge in [-0.3, -0.25) is 14.9 Å². The summed E-state index contributed by atoms with van der Waals surface area (Å²) < 4.78 is 0. The molecule has 2 aromatic carbocycles. The minimum Gasteiger partial charge on any atom is -0.506 e. The third-order valence-corrected chi connectivity index (χ3v) is 4.27. The molecule has 7 heteroatoms. The Morgan fingerprint density at radius 2 is 1.77 bits per heavy atom. The van der Waals surface area contributed by atoms with E-state index < -0.39 is 10.5 Å². The second-order valence-corrected chi connectivity index (χ2v) is 5.56. The first-order valence-electron chi connectivity index (χ1n) is 6.33. The van der Waals surface area contributed by atoms with E-state index in [0.29, 0.717) is 15.8 Å². The van der Waals surface area contributed by atoms with E-state index in [1.165, 1.54) is 12.1 Å². The standard InChI is InChI=1S/C15H10N2O4S/c18-13-9-5-1-2-6-10(9)16-15(19)14(13)22-12-8-4-3-7-11(12)17(20)21/h1-8H,(H2,16,18,19). The van der Waals surface area contributed by atoms with Gasteiger partial charge in [-0.2, -0.15) is 0 Å². The molecule has 0 aliphatic carbocycles. The van der Waals surface area contributed by atoms with Gasteiger partial charge in [0.15, 0.2) is 0 Å². The first-order chi connectivity index (χ1) is 10.6. The monoisotopic (exact) mass is 314 g/mol. The molecule has 0 saturated heterocycles. The van der Waals surface area contributed by atoms with Crippen LogP contribution in [0, 0.1) is 10.1 Å². The van der Waals surface area contributed by atoms with Gasteiger partial charge in [-0.25, -0.2) is 0 Å². The zero-order valence-corrected chi connectivity index (χ0v) is 12.0. The van der Waals surface area contributed by atoms with Crippen molar-refractivity contribution in [2.24, 2.45) is 0 Å². The fourth-order valence-corrected chi connectivity index (χ4v) is 3.07. The Morgan fingerprint density at radius 3 is 2.55 bits per heavy atom. The lowest BCUT2D eigenvalue weighted by atomic mass is 10.2. The summed E-state index contributed by atoms with van der Waals surface area (Å²) in [5, 5.41) is 21.8. The van der Waals surface area contributed by atoms with Crippen molar-refractivity contribution in [1.82, 2.24) is 4.98 Å². The van der Waals surface area contributed by atoms with Crippen molar-refractivity contribution in [2.45, 2.75) is 9.79 Å². The van der Waals surface area contributed by atoms with Crippen LogP contribution in [0.5, 0.6) is 5.75 Å². The second kappa shape index (κ2) is 5.53. The summed E-state index contributed by atoms with van der Waals surface area (Å²) in [7, 11) is 0. The number of nitro benzene ring substituents is 1. The first-order valence-corrected chi connectivity index (χ1v) is 7.15. The Morgan fingerprint density at radius 1 is 1.09 bits per heavy atom. The van der Waals surface area contributed by atoms with E-state index >= 15 is 0 Å². The quantitative estimate of drug-likeness (QED) is 0.571. The van der Waals surface area contributed by atoms with Crippen LogP contribution in [0.2, 0.25) is 0 Å². The van der Waals surface area contributed by atoms with Gasteiger partial charge in [0.05, 0.1) is 15.3 Å². The van der Waals surface area contributed by atoms with E-state index in [-0.39, 0.29) is 16.3 Å². The second-order valence-electron chi connectivity index (χ2n) is 4.50. The summed E-state index contributed by atoms with van der Waals surface area (Å²) in [6.45, 7) is 0. The molecule has 0 fully saturated rings.